The summed E-state index contributed by atoms with van der Waals surface area (Å²) in [5.74, 6) is 0.303. The van der Waals surface area contributed by atoms with E-state index in [2.05, 4.69) is 10.0 Å². The van der Waals surface area contributed by atoms with Crippen LogP contribution < -0.4 is 10.0 Å². The molecular formula is C21H26N2O3S2. The molecular weight excluding hydrogens is 392 g/mol. The minimum absolute atomic E-state index is 0.362. The highest BCUT2D eigenvalue weighted by Gasteiger charge is 2.23. The van der Waals surface area contributed by atoms with E-state index < -0.39 is 16.1 Å². The summed E-state index contributed by atoms with van der Waals surface area (Å²) >= 11 is 1.56. The van der Waals surface area contributed by atoms with Crippen LogP contribution in [-0.2, 0) is 21.2 Å². The quantitative estimate of drug-likeness (QED) is 0.614. The first-order valence-electron chi connectivity index (χ1n) is 9.07. The number of aryl methyl sites for hydroxylation is 1. The lowest BCUT2D eigenvalue weighted by Crippen LogP contribution is -2.43. The largest absolute Gasteiger partial charge is 0.325 e. The summed E-state index contributed by atoms with van der Waals surface area (Å²) in [4.78, 5) is 12.7. The SMILES string of the molecule is CCc1cccc(NC(=O)C(CCSC)NS(=O)(=O)/C=C/c2ccccc2)c1. The molecule has 5 nitrogen and oxygen atoms in total. The lowest BCUT2D eigenvalue weighted by atomic mass is 10.1. The van der Waals surface area contributed by atoms with Gasteiger partial charge in [0.2, 0.25) is 15.9 Å². The average Bonchev–Trinajstić information content (AvgIpc) is 2.70. The molecule has 150 valence electrons. The zero-order valence-electron chi connectivity index (χ0n) is 16.1. The fraction of sp³-hybridized carbons (Fsp3) is 0.286. The van der Waals surface area contributed by atoms with Gasteiger partial charge in [-0.3, -0.25) is 4.79 Å². The molecule has 0 aliphatic carbocycles. The minimum atomic E-state index is -3.76. The van der Waals surface area contributed by atoms with Gasteiger partial charge in [-0.05, 0) is 54.2 Å². The molecule has 28 heavy (non-hydrogen) atoms. The Kier molecular flexibility index (Phi) is 8.76. The number of hydrogen-bond donors (Lipinski definition) is 2. The van der Waals surface area contributed by atoms with Gasteiger partial charge in [-0.15, -0.1) is 0 Å². The highest BCUT2D eigenvalue weighted by molar-refractivity contribution is 7.98. The number of rotatable bonds is 10. The second-order valence-electron chi connectivity index (χ2n) is 6.25. The molecule has 1 unspecified atom stereocenters. The van der Waals surface area contributed by atoms with Crippen LogP contribution in [0.15, 0.2) is 60.0 Å². The second-order valence-corrected chi connectivity index (χ2v) is 8.84. The molecule has 2 aromatic rings. The molecule has 1 atom stereocenters. The van der Waals surface area contributed by atoms with Crippen LogP contribution in [0.25, 0.3) is 6.08 Å². The van der Waals surface area contributed by atoms with Crippen LogP contribution >= 0.6 is 11.8 Å². The first-order valence-corrected chi connectivity index (χ1v) is 12.0. The number of sulfonamides is 1. The maximum Gasteiger partial charge on any atom is 0.242 e. The number of anilines is 1. The van der Waals surface area contributed by atoms with E-state index in [0.29, 0.717) is 17.9 Å². The Labute approximate surface area is 171 Å². The van der Waals surface area contributed by atoms with E-state index in [1.165, 1.54) is 6.08 Å². The first kappa shape index (κ1) is 22.2. The molecule has 2 aromatic carbocycles. The predicted octanol–water partition coefficient (Wildman–Crippen LogP) is 3.90. The topological polar surface area (TPSA) is 75.3 Å². The predicted molar refractivity (Wildman–Crippen MR) is 119 cm³/mol. The summed E-state index contributed by atoms with van der Waals surface area (Å²) in [6.07, 6.45) is 4.69. The number of carbonyl (C=O) groups excluding carboxylic acids is 1. The smallest absolute Gasteiger partial charge is 0.242 e. The summed E-state index contributed by atoms with van der Waals surface area (Å²) in [5.41, 5.74) is 2.54. The molecule has 2 rings (SSSR count). The summed E-state index contributed by atoms with van der Waals surface area (Å²) < 4.78 is 27.4. The first-order chi connectivity index (χ1) is 13.4. The Bertz CT molecular complexity index is 897. The Balaban J connectivity index is 2.10. The molecule has 0 saturated carbocycles. The molecule has 0 radical (unpaired) electrons. The van der Waals surface area contributed by atoms with Crippen LogP contribution in [0.4, 0.5) is 5.69 Å². The maximum absolute atomic E-state index is 12.7. The number of amides is 1. The van der Waals surface area contributed by atoms with E-state index in [1.54, 1.807) is 17.8 Å². The zero-order valence-corrected chi connectivity index (χ0v) is 17.7. The van der Waals surface area contributed by atoms with Crippen molar-refractivity contribution >= 4 is 39.5 Å². The molecule has 0 heterocycles. The summed E-state index contributed by atoms with van der Waals surface area (Å²) in [7, 11) is -3.76. The monoisotopic (exact) mass is 418 g/mol. The van der Waals surface area contributed by atoms with Crippen molar-refractivity contribution in [2.24, 2.45) is 0 Å². The van der Waals surface area contributed by atoms with Gasteiger partial charge in [-0.25, -0.2) is 8.42 Å². The molecule has 0 bridgehead atoms. The van der Waals surface area contributed by atoms with Crippen molar-refractivity contribution in [3.63, 3.8) is 0 Å². The van der Waals surface area contributed by atoms with Gasteiger partial charge in [0.1, 0.15) is 6.04 Å². The van der Waals surface area contributed by atoms with Crippen molar-refractivity contribution in [3.8, 4) is 0 Å². The third-order valence-corrected chi connectivity index (χ3v) is 5.83. The van der Waals surface area contributed by atoms with Gasteiger partial charge in [0.05, 0.1) is 0 Å². The fourth-order valence-electron chi connectivity index (χ4n) is 2.55. The van der Waals surface area contributed by atoms with Gasteiger partial charge in [0.15, 0.2) is 0 Å². The number of nitrogens with one attached hydrogen (secondary N) is 2. The van der Waals surface area contributed by atoms with Crippen molar-refractivity contribution < 1.29 is 13.2 Å². The average molecular weight is 419 g/mol. The molecule has 0 spiro atoms. The van der Waals surface area contributed by atoms with Gasteiger partial charge >= 0.3 is 0 Å². The van der Waals surface area contributed by atoms with Crippen LogP contribution in [0.3, 0.4) is 0 Å². The molecule has 0 saturated heterocycles. The highest BCUT2D eigenvalue weighted by atomic mass is 32.2. The number of hydrogen-bond acceptors (Lipinski definition) is 4. The molecule has 0 aliphatic rings. The Hall–Kier alpha value is -2.09. The highest BCUT2D eigenvalue weighted by Crippen LogP contribution is 2.13. The van der Waals surface area contributed by atoms with Crippen molar-refractivity contribution in [3.05, 3.63) is 71.1 Å². The van der Waals surface area contributed by atoms with Crippen molar-refractivity contribution in [1.82, 2.24) is 4.72 Å². The van der Waals surface area contributed by atoms with Crippen LogP contribution in [0, 0.1) is 0 Å². The van der Waals surface area contributed by atoms with Crippen molar-refractivity contribution in [2.75, 3.05) is 17.3 Å². The summed E-state index contributed by atoms with van der Waals surface area (Å²) in [6.45, 7) is 2.04. The fourth-order valence-corrected chi connectivity index (χ4v) is 4.06. The van der Waals surface area contributed by atoms with E-state index >= 15 is 0 Å². The third-order valence-electron chi connectivity index (χ3n) is 4.08. The summed E-state index contributed by atoms with van der Waals surface area (Å²) in [6, 6.07) is 15.9. The molecule has 0 aromatic heterocycles. The third kappa shape index (κ3) is 7.50. The maximum atomic E-state index is 12.7. The van der Waals surface area contributed by atoms with Gasteiger partial charge in [0, 0.05) is 11.1 Å². The van der Waals surface area contributed by atoms with Crippen LogP contribution in [0.5, 0.6) is 0 Å². The van der Waals surface area contributed by atoms with Gasteiger partial charge in [0.25, 0.3) is 0 Å². The zero-order chi connectivity index (χ0) is 20.4. The normalized spacial score (nSPS) is 12.8. The van der Waals surface area contributed by atoms with E-state index in [-0.39, 0.29) is 5.91 Å². The molecule has 0 aliphatic heterocycles. The van der Waals surface area contributed by atoms with E-state index in [9.17, 15) is 13.2 Å². The molecule has 7 heteroatoms. The lowest BCUT2D eigenvalue weighted by Gasteiger charge is -2.17. The lowest BCUT2D eigenvalue weighted by molar-refractivity contribution is -0.117. The van der Waals surface area contributed by atoms with Gasteiger partial charge < -0.3 is 5.32 Å². The van der Waals surface area contributed by atoms with E-state index in [0.717, 1.165) is 23.0 Å². The Morgan fingerprint density at radius 1 is 1.14 bits per heavy atom. The van der Waals surface area contributed by atoms with Crippen molar-refractivity contribution in [1.29, 1.82) is 0 Å². The Morgan fingerprint density at radius 2 is 1.89 bits per heavy atom. The molecule has 0 fully saturated rings. The van der Waals surface area contributed by atoms with Crippen molar-refractivity contribution in [2.45, 2.75) is 25.8 Å². The number of benzene rings is 2. The van der Waals surface area contributed by atoms with Gasteiger partial charge in [-0.1, -0.05) is 49.4 Å². The van der Waals surface area contributed by atoms with Crippen LogP contribution in [-0.4, -0.2) is 32.4 Å². The molecule has 1 amide bonds. The van der Waals surface area contributed by atoms with Crippen LogP contribution in [0.2, 0.25) is 0 Å². The van der Waals surface area contributed by atoms with E-state index in [4.69, 9.17) is 0 Å². The number of carbonyl (C=O) groups is 1. The van der Waals surface area contributed by atoms with Gasteiger partial charge in [-0.2, -0.15) is 16.5 Å². The van der Waals surface area contributed by atoms with Crippen LogP contribution in [0.1, 0.15) is 24.5 Å². The minimum Gasteiger partial charge on any atom is -0.325 e. The Morgan fingerprint density at radius 3 is 2.57 bits per heavy atom. The van der Waals surface area contributed by atoms with E-state index in [1.807, 2.05) is 61.7 Å². The summed E-state index contributed by atoms with van der Waals surface area (Å²) in [5, 5.41) is 3.92. The number of thioether (sulfide) groups is 1. The standard InChI is InChI=1S/C21H26N2O3S2/c1-3-17-10-7-11-19(16-17)22-21(24)20(12-14-27-2)23-28(25,26)15-13-18-8-5-4-6-9-18/h4-11,13,15-16,20,23H,3,12,14H2,1-2H3,(H,22,24)/b15-13+. The molecule has 2 N–H and O–H groups in total. The second kappa shape index (κ2) is 11.0.